The summed E-state index contributed by atoms with van der Waals surface area (Å²) < 4.78 is 12.6. The molecule has 1 heterocycles. The lowest BCUT2D eigenvalue weighted by Crippen LogP contribution is -2.06. The van der Waals surface area contributed by atoms with Crippen molar-refractivity contribution >= 4 is 37.5 Å². The molecule has 0 bridgehead atoms. The number of rotatable bonds is 4. The maximum Gasteiger partial charge on any atom is 0.169 e. The zero-order chi connectivity index (χ0) is 13.1. The highest BCUT2D eigenvalue weighted by Crippen LogP contribution is 2.31. The molecule has 0 spiro atoms. The molecule has 0 saturated carbocycles. The van der Waals surface area contributed by atoms with Crippen LogP contribution < -0.4 is 10.1 Å². The van der Waals surface area contributed by atoms with Gasteiger partial charge in [0.1, 0.15) is 11.5 Å². The molecule has 2 aromatic rings. The van der Waals surface area contributed by atoms with Crippen LogP contribution in [0, 0.1) is 0 Å². The summed E-state index contributed by atoms with van der Waals surface area (Å²) in [6.45, 7) is 2.03. The van der Waals surface area contributed by atoms with E-state index in [-0.39, 0.29) is 6.04 Å². The Kier molecular flexibility index (Phi) is 4.35. The van der Waals surface area contributed by atoms with Crippen LogP contribution in [-0.4, -0.2) is 7.11 Å². The highest BCUT2D eigenvalue weighted by Gasteiger charge is 2.12. The molecule has 1 unspecified atom stereocenters. The van der Waals surface area contributed by atoms with Gasteiger partial charge < -0.3 is 14.5 Å². The number of methoxy groups -OCH3 is 1. The Morgan fingerprint density at radius 1 is 1.22 bits per heavy atom. The summed E-state index contributed by atoms with van der Waals surface area (Å²) in [4.78, 5) is 0. The minimum absolute atomic E-state index is 0.0551. The molecule has 0 amide bonds. The number of halogens is 2. The fourth-order valence-corrected chi connectivity index (χ4v) is 2.34. The average molecular weight is 375 g/mol. The molecule has 0 aliphatic carbocycles. The van der Waals surface area contributed by atoms with E-state index in [1.165, 1.54) is 0 Å². The van der Waals surface area contributed by atoms with Crippen LogP contribution in [0.1, 0.15) is 18.7 Å². The lowest BCUT2D eigenvalue weighted by Gasteiger charge is -2.16. The van der Waals surface area contributed by atoms with Crippen molar-refractivity contribution in [3.05, 3.63) is 45.2 Å². The second-order valence-electron chi connectivity index (χ2n) is 3.85. The van der Waals surface area contributed by atoms with E-state index in [4.69, 9.17) is 9.15 Å². The van der Waals surface area contributed by atoms with Gasteiger partial charge in [-0.15, -0.1) is 0 Å². The second-order valence-corrected chi connectivity index (χ2v) is 5.55. The van der Waals surface area contributed by atoms with Crippen LogP contribution in [0.25, 0.3) is 0 Å². The third-order valence-corrected chi connectivity index (χ3v) is 3.47. The predicted molar refractivity (Wildman–Crippen MR) is 79.1 cm³/mol. The zero-order valence-electron chi connectivity index (χ0n) is 10.0. The summed E-state index contributed by atoms with van der Waals surface area (Å²) >= 11 is 6.75. The molecule has 1 N–H and O–H groups in total. The number of ether oxygens (including phenoxy) is 1. The van der Waals surface area contributed by atoms with E-state index in [0.29, 0.717) is 0 Å². The third kappa shape index (κ3) is 3.09. The first-order valence-electron chi connectivity index (χ1n) is 5.45. The molecule has 3 nitrogen and oxygen atoms in total. The van der Waals surface area contributed by atoms with Crippen molar-refractivity contribution in [3.8, 4) is 5.75 Å². The maximum atomic E-state index is 5.52. The Hall–Kier alpha value is -0.940. The summed E-state index contributed by atoms with van der Waals surface area (Å²) in [6, 6.07) is 9.71. The Balaban J connectivity index is 2.20. The number of hydrogen-bond donors (Lipinski definition) is 1. The molecular weight excluding hydrogens is 362 g/mol. The van der Waals surface area contributed by atoms with E-state index >= 15 is 0 Å². The van der Waals surface area contributed by atoms with Crippen LogP contribution in [0.2, 0.25) is 0 Å². The average Bonchev–Trinajstić information content (AvgIpc) is 2.76. The zero-order valence-corrected chi connectivity index (χ0v) is 13.2. The summed E-state index contributed by atoms with van der Waals surface area (Å²) in [5.74, 6) is 1.67. The highest BCUT2D eigenvalue weighted by atomic mass is 79.9. The van der Waals surface area contributed by atoms with Crippen LogP contribution in [0.15, 0.2) is 43.9 Å². The van der Waals surface area contributed by atoms with Crippen LogP contribution >= 0.6 is 31.9 Å². The smallest absolute Gasteiger partial charge is 0.169 e. The van der Waals surface area contributed by atoms with Gasteiger partial charge in [0.25, 0.3) is 0 Å². The Labute approximate surface area is 123 Å². The van der Waals surface area contributed by atoms with Gasteiger partial charge in [0, 0.05) is 4.47 Å². The van der Waals surface area contributed by atoms with Crippen LogP contribution in [0.3, 0.4) is 0 Å². The van der Waals surface area contributed by atoms with Gasteiger partial charge in [-0.3, -0.25) is 0 Å². The van der Waals surface area contributed by atoms with Gasteiger partial charge in [0.15, 0.2) is 4.67 Å². The topological polar surface area (TPSA) is 34.4 Å². The summed E-state index contributed by atoms with van der Waals surface area (Å²) in [6.07, 6.45) is 0. The SMILES string of the molecule is COc1ccc(Br)cc1NC(C)c1ccc(Br)o1. The minimum atomic E-state index is 0.0551. The molecule has 0 radical (unpaired) electrons. The first kappa shape index (κ1) is 13.5. The molecule has 1 atom stereocenters. The highest BCUT2D eigenvalue weighted by molar-refractivity contribution is 9.10. The van der Waals surface area contributed by atoms with Gasteiger partial charge in [0.2, 0.25) is 0 Å². The van der Waals surface area contributed by atoms with Crippen LogP contribution in [-0.2, 0) is 0 Å². The monoisotopic (exact) mass is 373 g/mol. The third-order valence-electron chi connectivity index (χ3n) is 2.55. The first-order chi connectivity index (χ1) is 8.60. The molecule has 0 fully saturated rings. The van der Waals surface area contributed by atoms with Crippen molar-refractivity contribution in [2.45, 2.75) is 13.0 Å². The van der Waals surface area contributed by atoms with E-state index in [1.807, 2.05) is 37.3 Å². The Morgan fingerprint density at radius 3 is 2.61 bits per heavy atom. The number of hydrogen-bond acceptors (Lipinski definition) is 3. The van der Waals surface area contributed by atoms with Gasteiger partial charge in [0.05, 0.1) is 18.8 Å². The van der Waals surface area contributed by atoms with E-state index in [9.17, 15) is 0 Å². The molecule has 1 aromatic heterocycles. The number of nitrogens with one attached hydrogen (secondary N) is 1. The molecule has 0 aliphatic heterocycles. The largest absolute Gasteiger partial charge is 0.495 e. The van der Waals surface area contributed by atoms with Crippen molar-refractivity contribution in [3.63, 3.8) is 0 Å². The fraction of sp³-hybridized carbons (Fsp3) is 0.231. The molecule has 96 valence electrons. The molecule has 18 heavy (non-hydrogen) atoms. The quantitative estimate of drug-likeness (QED) is 0.818. The normalized spacial score (nSPS) is 12.2. The fourth-order valence-electron chi connectivity index (χ4n) is 1.66. The van der Waals surface area contributed by atoms with Gasteiger partial charge in [-0.05, 0) is 53.2 Å². The predicted octanol–water partition coefficient (Wildman–Crippen LogP) is 4.99. The summed E-state index contributed by atoms with van der Waals surface area (Å²) in [5.41, 5.74) is 0.923. The van der Waals surface area contributed by atoms with Crippen molar-refractivity contribution in [1.29, 1.82) is 0 Å². The van der Waals surface area contributed by atoms with Crippen molar-refractivity contribution in [1.82, 2.24) is 0 Å². The molecule has 0 aliphatic rings. The van der Waals surface area contributed by atoms with E-state index in [1.54, 1.807) is 7.11 Å². The number of anilines is 1. The molecule has 2 rings (SSSR count). The Bertz CT molecular complexity index is 540. The van der Waals surface area contributed by atoms with Gasteiger partial charge in [-0.2, -0.15) is 0 Å². The van der Waals surface area contributed by atoms with Crippen molar-refractivity contribution < 1.29 is 9.15 Å². The van der Waals surface area contributed by atoms with E-state index < -0.39 is 0 Å². The van der Waals surface area contributed by atoms with Crippen molar-refractivity contribution in [2.24, 2.45) is 0 Å². The van der Waals surface area contributed by atoms with Crippen LogP contribution in [0.5, 0.6) is 5.75 Å². The Morgan fingerprint density at radius 2 is 2.00 bits per heavy atom. The summed E-state index contributed by atoms with van der Waals surface area (Å²) in [7, 11) is 1.66. The van der Waals surface area contributed by atoms with Gasteiger partial charge in [-0.25, -0.2) is 0 Å². The lowest BCUT2D eigenvalue weighted by atomic mass is 10.2. The second kappa shape index (κ2) is 5.80. The van der Waals surface area contributed by atoms with Crippen LogP contribution in [0.4, 0.5) is 5.69 Å². The standard InChI is InChI=1S/C13H13Br2NO2/c1-8(11-5-6-13(15)18-11)16-10-7-9(14)3-4-12(10)17-2/h3-8,16H,1-2H3. The molecule has 0 saturated heterocycles. The first-order valence-corrected chi connectivity index (χ1v) is 7.04. The van der Waals surface area contributed by atoms with E-state index in [2.05, 4.69) is 37.2 Å². The van der Waals surface area contributed by atoms with Crippen molar-refractivity contribution in [2.75, 3.05) is 12.4 Å². The van der Waals surface area contributed by atoms with E-state index in [0.717, 1.165) is 26.3 Å². The maximum absolute atomic E-state index is 5.52. The van der Waals surface area contributed by atoms with Gasteiger partial charge >= 0.3 is 0 Å². The lowest BCUT2D eigenvalue weighted by molar-refractivity contribution is 0.415. The molecular formula is C13H13Br2NO2. The number of furan rings is 1. The number of benzene rings is 1. The minimum Gasteiger partial charge on any atom is -0.495 e. The molecule has 5 heteroatoms. The van der Waals surface area contributed by atoms with Gasteiger partial charge in [-0.1, -0.05) is 15.9 Å². The molecule has 1 aromatic carbocycles. The summed E-state index contributed by atoms with van der Waals surface area (Å²) in [5, 5.41) is 3.36.